The number of nitrogens with one attached hydrogen (secondary N) is 1. The summed E-state index contributed by atoms with van der Waals surface area (Å²) < 4.78 is 5.86. The Kier molecular flexibility index (Phi) is 37.3. The average Bonchev–Trinajstić information content (AvgIpc) is 3.10. The van der Waals surface area contributed by atoms with Crippen molar-refractivity contribution in [2.75, 3.05) is 6.61 Å². The Balaban J connectivity index is 4.57. The van der Waals surface area contributed by atoms with E-state index in [1.807, 2.05) is 0 Å². The number of carbonyl (C=O) groups excluding carboxylic acids is 2. The Morgan fingerprint density at radius 3 is 1.50 bits per heavy atom. The highest BCUT2D eigenvalue weighted by molar-refractivity contribution is 5.77. The number of rotatable bonds is 38. The third kappa shape index (κ3) is 33.5. The van der Waals surface area contributed by atoms with Crippen LogP contribution in [0, 0.1) is 0 Å². The van der Waals surface area contributed by atoms with E-state index in [1.54, 1.807) is 0 Å². The maximum atomic E-state index is 13.0. The predicted octanol–water partition coefficient (Wildman–Crippen LogP) is 12.0. The molecule has 6 nitrogen and oxygen atoms in total. The second-order valence-corrected chi connectivity index (χ2v) is 14.7. The summed E-state index contributed by atoms with van der Waals surface area (Å²) in [6.07, 6.45) is 41.0. The molecule has 0 heterocycles. The fourth-order valence-corrected chi connectivity index (χ4v) is 6.39. The SMILES string of the molecule is CCCC/C=C\CCCCCCCC(=O)OC(CCCCC/C=C\CCCC)CC(=O)NC(CO)C(O)CCCCCCCCCCCCC. The second-order valence-electron chi connectivity index (χ2n) is 14.7. The largest absolute Gasteiger partial charge is 0.462 e. The molecule has 6 heteroatoms. The molecule has 294 valence electrons. The molecule has 0 spiro atoms. The Labute approximate surface area is 310 Å². The number of ether oxygens (including phenoxy) is 1. The van der Waals surface area contributed by atoms with Crippen molar-refractivity contribution in [3.8, 4) is 0 Å². The number of amides is 1. The minimum absolute atomic E-state index is 0.0656. The lowest BCUT2D eigenvalue weighted by atomic mass is 10.0. The maximum absolute atomic E-state index is 13.0. The van der Waals surface area contributed by atoms with Crippen molar-refractivity contribution >= 4 is 11.9 Å². The lowest BCUT2D eigenvalue weighted by Gasteiger charge is -2.24. The molecular formula is C44H83NO5. The van der Waals surface area contributed by atoms with Gasteiger partial charge in [0.1, 0.15) is 6.10 Å². The summed E-state index contributed by atoms with van der Waals surface area (Å²) >= 11 is 0. The van der Waals surface area contributed by atoms with Crippen LogP contribution >= 0.6 is 0 Å². The standard InChI is InChI=1S/C44H83NO5/c1-4-7-10-13-16-19-21-24-27-30-33-36-42(47)41(39-46)45-43(48)38-40(35-32-29-26-23-18-15-12-9-6-3)50-44(49)37-34-31-28-25-22-20-17-14-11-8-5-2/h14-15,17-18,40-42,46-47H,4-13,16,19-39H2,1-3H3,(H,45,48)/b17-14-,18-15-. The van der Waals surface area contributed by atoms with E-state index in [2.05, 4.69) is 50.4 Å². The van der Waals surface area contributed by atoms with Crippen molar-refractivity contribution in [1.29, 1.82) is 0 Å². The van der Waals surface area contributed by atoms with Gasteiger partial charge in [-0.3, -0.25) is 9.59 Å². The molecule has 1 amide bonds. The maximum Gasteiger partial charge on any atom is 0.306 e. The van der Waals surface area contributed by atoms with Crippen LogP contribution in [0.2, 0.25) is 0 Å². The number of allylic oxidation sites excluding steroid dienone is 4. The van der Waals surface area contributed by atoms with E-state index in [-0.39, 0.29) is 24.9 Å². The molecule has 0 fully saturated rings. The Morgan fingerprint density at radius 1 is 0.560 bits per heavy atom. The van der Waals surface area contributed by atoms with Gasteiger partial charge in [-0.2, -0.15) is 0 Å². The van der Waals surface area contributed by atoms with Crippen LogP contribution in [-0.4, -0.2) is 46.9 Å². The third-order valence-corrected chi connectivity index (χ3v) is 9.75. The van der Waals surface area contributed by atoms with Crippen LogP contribution in [0.4, 0.5) is 0 Å². The van der Waals surface area contributed by atoms with E-state index >= 15 is 0 Å². The average molecular weight is 706 g/mol. The summed E-state index contributed by atoms with van der Waals surface area (Å²) in [5, 5.41) is 23.5. The fraction of sp³-hybridized carbons (Fsp3) is 0.864. The van der Waals surface area contributed by atoms with Crippen LogP contribution < -0.4 is 5.32 Å². The van der Waals surface area contributed by atoms with E-state index in [0.717, 1.165) is 77.0 Å². The van der Waals surface area contributed by atoms with Gasteiger partial charge in [-0.25, -0.2) is 0 Å². The van der Waals surface area contributed by atoms with E-state index in [1.165, 1.54) is 96.3 Å². The molecular weight excluding hydrogens is 622 g/mol. The summed E-state index contributed by atoms with van der Waals surface area (Å²) in [6.45, 7) is 6.37. The van der Waals surface area contributed by atoms with Gasteiger partial charge in [0.2, 0.25) is 5.91 Å². The van der Waals surface area contributed by atoms with Crippen LogP contribution in [0.3, 0.4) is 0 Å². The molecule has 0 bridgehead atoms. The van der Waals surface area contributed by atoms with Crippen molar-refractivity contribution in [1.82, 2.24) is 5.32 Å². The van der Waals surface area contributed by atoms with Gasteiger partial charge >= 0.3 is 5.97 Å². The van der Waals surface area contributed by atoms with Gasteiger partial charge in [0.25, 0.3) is 0 Å². The van der Waals surface area contributed by atoms with Gasteiger partial charge in [0, 0.05) is 6.42 Å². The van der Waals surface area contributed by atoms with Crippen molar-refractivity contribution in [2.24, 2.45) is 0 Å². The Hall–Kier alpha value is -1.66. The van der Waals surface area contributed by atoms with E-state index in [0.29, 0.717) is 19.3 Å². The lowest BCUT2D eigenvalue weighted by molar-refractivity contribution is -0.151. The van der Waals surface area contributed by atoms with Crippen LogP contribution in [-0.2, 0) is 14.3 Å². The highest BCUT2D eigenvalue weighted by Crippen LogP contribution is 2.17. The number of aliphatic hydroxyl groups is 2. The molecule has 3 atom stereocenters. The number of carbonyl (C=O) groups is 2. The summed E-state index contributed by atoms with van der Waals surface area (Å²) in [5.74, 6) is -0.502. The molecule has 0 aliphatic heterocycles. The first-order valence-corrected chi connectivity index (χ1v) is 21.6. The zero-order valence-corrected chi connectivity index (χ0v) is 33.3. The van der Waals surface area contributed by atoms with E-state index in [4.69, 9.17) is 4.74 Å². The number of aliphatic hydroxyl groups excluding tert-OH is 2. The molecule has 0 aliphatic rings. The van der Waals surface area contributed by atoms with Crippen LogP contribution in [0.25, 0.3) is 0 Å². The highest BCUT2D eigenvalue weighted by Gasteiger charge is 2.24. The molecule has 0 radical (unpaired) electrons. The minimum Gasteiger partial charge on any atom is -0.462 e. The third-order valence-electron chi connectivity index (χ3n) is 9.75. The Morgan fingerprint density at radius 2 is 0.980 bits per heavy atom. The van der Waals surface area contributed by atoms with E-state index < -0.39 is 18.2 Å². The molecule has 0 aliphatic carbocycles. The van der Waals surface area contributed by atoms with Crippen molar-refractivity contribution < 1.29 is 24.5 Å². The second kappa shape index (κ2) is 38.6. The summed E-state index contributed by atoms with van der Waals surface area (Å²) in [7, 11) is 0. The van der Waals surface area contributed by atoms with Crippen molar-refractivity contribution in [3.05, 3.63) is 24.3 Å². The van der Waals surface area contributed by atoms with Gasteiger partial charge in [-0.15, -0.1) is 0 Å². The molecule has 0 saturated carbocycles. The van der Waals surface area contributed by atoms with Crippen LogP contribution in [0.15, 0.2) is 24.3 Å². The number of hydrogen-bond donors (Lipinski definition) is 3. The molecule has 0 saturated heterocycles. The molecule has 3 N–H and O–H groups in total. The van der Waals surface area contributed by atoms with Crippen LogP contribution in [0.1, 0.15) is 220 Å². The summed E-state index contributed by atoms with van der Waals surface area (Å²) in [6, 6.07) is -0.701. The number of hydrogen-bond acceptors (Lipinski definition) is 5. The normalized spacial score (nSPS) is 13.6. The number of esters is 1. The van der Waals surface area contributed by atoms with E-state index in [9.17, 15) is 19.8 Å². The summed E-state index contributed by atoms with van der Waals surface area (Å²) in [5.41, 5.74) is 0. The zero-order chi connectivity index (χ0) is 36.8. The minimum atomic E-state index is -0.786. The molecule has 0 aromatic carbocycles. The fourth-order valence-electron chi connectivity index (χ4n) is 6.39. The first-order valence-electron chi connectivity index (χ1n) is 21.6. The lowest BCUT2D eigenvalue weighted by Crippen LogP contribution is -2.46. The summed E-state index contributed by atoms with van der Waals surface area (Å²) in [4.78, 5) is 25.8. The van der Waals surface area contributed by atoms with Gasteiger partial charge in [-0.05, 0) is 64.2 Å². The van der Waals surface area contributed by atoms with Crippen molar-refractivity contribution in [3.63, 3.8) is 0 Å². The van der Waals surface area contributed by atoms with Gasteiger partial charge in [0.15, 0.2) is 0 Å². The molecule has 0 aromatic rings. The van der Waals surface area contributed by atoms with Gasteiger partial charge < -0.3 is 20.3 Å². The molecule has 3 unspecified atom stereocenters. The van der Waals surface area contributed by atoms with Crippen molar-refractivity contribution in [2.45, 2.75) is 238 Å². The quantitative estimate of drug-likeness (QED) is 0.0337. The molecule has 50 heavy (non-hydrogen) atoms. The smallest absolute Gasteiger partial charge is 0.306 e. The van der Waals surface area contributed by atoms with Gasteiger partial charge in [-0.1, -0.05) is 167 Å². The first kappa shape index (κ1) is 48.3. The topological polar surface area (TPSA) is 95.9 Å². The zero-order valence-electron chi connectivity index (χ0n) is 33.3. The Bertz CT molecular complexity index is 797. The van der Waals surface area contributed by atoms with Gasteiger partial charge in [0.05, 0.1) is 25.2 Å². The van der Waals surface area contributed by atoms with Crippen LogP contribution in [0.5, 0.6) is 0 Å². The molecule has 0 rings (SSSR count). The predicted molar refractivity (Wildman–Crippen MR) is 213 cm³/mol. The highest BCUT2D eigenvalue weighted by atomic mass is 16.5. The first-order chi connectivity index (χ1) is 24.5. The molecule has 0 aromatic heterocycles. The number of unbranched alkanes of at least 4 members (excludes halogenated alkanes) is 22. The monoisotopic (exact) mass is 706 g/mol.